The highest BCUT2D eigenvalue weighted by Gasteiger charge is 2.20. The first kappa shape index (κ1) is 23.3. The van der Waals surface area contributed by atoms with Crippen molar-refractivity contribution in [3.8, 4) is 17.0 Å². The number of carbonyl (C=O) groups excluding carboxylic acids is 2. The Morgan fingerprint density at radius 1 is 1.09 bits per heavy atom. The third kappa shape index (κ3) is 6.07. The molecule has 32 heavy (non-hydrogen) atoms. The predicted molar refractivity (Wildman–Crippen MR) is 128 cm³/mol. The zero-order valence-corrected chi connectivity index (χ0v) is 19.3. The van der Waals surface area contributed by atoms with E-state index in [0.29, 0.717) is 17.4 Å². The van der Waals surface area contributed by atoms with Crippen LogP contribution in [-0.2, 0) is 16.0 Å². The number of carbonyl (C=O) groups is 2. The first-order valence-electron chi connectivity index (χ1n) is 10.5. The van der Waals surface area contributed by atoms with E-state index in [9.17, 15) is 9.59 Å². The second-order valence-corrected chi connectivity index (χ2v) is 8.32. The Kier molecular flexibility index (Phi) is 8.21. The van der Waals surface area contributed by atoms with E-state index in [1.165, 1.54) is 11.3 Å². The van der Waals surface area contributed by atoms with Gasteiger partial charge in [-0.3, -0.25) is 9.59 Å². The molecule has 3 rings (SSSR count). The lowest BCUT2D eigenvalue weighted by Gasteiger charge is -2.13. The van der Waals surface area contributed by atoms with Crippen LogP contribution < -0.4 is 20.7 Å². The van der Waals surface area contributed by atoms with Gasteiger partial charge in [-0.1, -0.05) is 49.4 Å². The van der Waals surface area contributed by atoms with Gasteiger partial charge in [0.05, 0.1) is 24.9 Å². The SMILES string of the molecule is CCCNC(=O)[C@@H](C)NC(=O)Cc1sc(Nc2ccccc2OC)nc1-c1ccccc1. The largest absolute Gasteiger partial charge is 0.495 e. The fourth-order valence-electron chi connectivity index (χ4n) is 3.11. The zero-order chi connectivity index (χ0) is 22.9. The molecule has 0 aliphatic rings. The molecule has 0 saturated heterocycles. The summed E-state index contributed by atoms with van der Waals surface area (Å²) in [4.78, 5) is 30.4. The van der Waals surface area contributed by atoms with Crippen LogP contribution in [0, 0.1) is 0 Å². The number of aromatic nitrogens is 1. The van der Waals surface area contributed by atoms with Gasteiger partial charge in [-0.2, -0.15) is 0 Å². The maximum atomic E-state index is 12.7. The molecular weight excluding hydrogens is 424 g/mol. The second-order valence-electron chi connectivity index (χ2n) is 7.24. The van der Waals surface area contributed by atoms with E-state index >= 15 is 0 Å². The third-order valence-corrected chi connectivity index (χ3v) is 5.71. The Labute approximate surface area is 192 Å². The molecule has 3 N–H and O–H groups in total. The Hall–Kier alpha value is -3.39. The molecule has 0 aliphatic heterocycles. The minimum absolute atomic E-state index is 0.126. The minimum atomic E-state index is -0.603. The molecule has 0 unspecified atom stereocenters. The van der Waals surface area contributed by atoms with Crippen LogP contribution in [0.5, 0.6) is 5.75 Å². The number of para-hydroxylation sites is 2. The zero-order valence-electron chi connectivity index (χ0n) is 18.5. The van der Waals surface area contributed by atoms with Gasteiger partial charge < -0.3 is 20.7 Å². The van der Waals surface area contributed by atoms with Crippen molar-refractivity contribution in [2.45, 2.75) is 32.7 Å². The molecule has 0 saturated carbocycles. The molecule has 2 amide bonds. The summed E-state index contributed by atoms with van der Waals surface area (Å²) in [5.41, 5.74) is 2.46. The number of methoxy groups -OCH3 is 1. The van der Waals surface area contributed by atoms with Crippen molar-refractivity contribution >= 4 is 34.0 Å². The fraction of sp³-hybridized carbons (Fsp3) is 0.292. The van der Waals surface area contributed by atoms with Gasteiger partial charge in [0, 0.05) is 17.0 Å². The number of ether oxygens (including phenoxy) is 1. The van der Waals surface area contributed by atoms with Crippen molar-refractivity contribution in [2.24, 2.45) is 0 Å². The Morgan fingerprint density at radius 2 is 1.81 bits per heavy atom. The highest BCUT2D eigenvalue weighted by atomic mass is 32.1. The van der Waals surface area contributed by atoms with Crippen LogP contribution >= 0.6 is 11.3 Å². The van der Waals surface area contributed by atoms with Gasteiger partial charge in [0.25, 0.3) is 0 Å². The summed E-state index contributed by atoms with van der Waals surface area (Å²) < 4.78 is 5.41. The van der Waals surface area contributed by atoms with Crippen LogP contribution in [-0.4, -0.2) is 36.5 Å². The first-order valence-corrected chi connectivity index (χ1v) is 11.4. The quantitative estimate of drug-likeness (QED) is 0.430. The average Bonchev–Trinajstić information content (AvgIpc) is 3.20. The number of hydrogen-bond acceptors (Lipinski definition) is 6. The highest BCUT2D eigenvalue weighted by Crippen LogP contribution is 2.35. The van der Waals surface area contributed by atoms with Crippen LogP contribution in [0.25, 0.3) is 11.3 Å². The van der Waals surface area contributed by atoms with Gasteiger partial charge in [-0.25, -0.2) is 4.98 Å². The molecule has 1 atom stereocenters. The minimum Gasteiger partial charge on any atom is -0.495 e. The fourth-order valence-corrected chi connectivity index (χ4v) is 4.11. The van der Waals surface area contributed by atoms with E-state index in [2.05, 4.69) is 16.0 Å². The van der Waals surface area contributed by atoms with Gasteiger partial charge in [0.15, 0.2) is 5.13 Å². The lowest BCUT2D eigenvalue weighted by Crippen LogP contribution is -2.45. The second kappa shape index (κ2) is 11.3. The number of amides is 2. The predicted octanol–water partition coefficient (Wildman–Crippen LogP) is 4.14. The van der Waals surface area contributed by atoms with Crippen LogP contribution in [0.3, 0.4) is 0 Å². The number of benzene rings is 2. The lowest BCUT2D eigenvalue weighted by atomic mass is 10.1. The number of nitrogens with one attached hydrogen (secondary N) is 3. The first-order chi connectivity index (χ1) is 15.5. The van der Waals surface area contributed by atoms with E-state index in [4.69, 9.17) is 9.72 Å². The topological polar surface area (TPSA) is 92.4 Å². The number of thiazole rings is 1. The summed E-state index contributed by atoms with van der Waals surface area (Å²) in [6.45, 7) is 4.25. The number of nitrogens with zero attached hydrogens (tertiary/aromatic N) is 1. The molecule has 1 aromatic heterocycles. The molecule has 3 aromatic rings. The summed E-state index contributed by atoms with van der Waals surface area (Å²) in [6, 6.07) is 16.7. The number of rotatable bonds is 10. The van der Waals surface area contributed by atoms with Crippen molar-refractivity contribution in [3.63, 3.8) is 0 Å². The third-order valence-electron chi connectivity index (χ3n) is 4.73. The molecule has 168 valence electrons. The normalized spacial score (nSPS) is 11.5. The smallest absolute Gasteiger partial charge is 0.242 e. The van der Waals surface area contributed by atoms with Crippen molar-refractivity contribution in [3.05, 3.63) is 59.5 Å². The summed E-state index contributed by atoms with van der Waals surface area (Å²) in [6.07, 6.45) is 0.969. The molecule has 0 aliphatic carbocycles. The van der Waals surface area contributed by atoms with E-state index in [-0.39, 0.29) is 18.2 Å². The number of hydrogen-bond donors (Lipinski definition) is 3. The molecule has 7 nitrogen and oxygen atoms in total. The van der Waals surface area contributed by atoms with Crippen LogP contribution in [0.15, 0.2) is 54.6 Å². The molecule has 0 spiro atoms. The van der Waals surface area contributed by atoms with E-state index < -0.39 is 6.04 Å². The summed E-state index contributed by atoms with van der Waals surface area (Å²) >= 11 is 1.41. The summed E-state index contributed by atoms with van der Waals surface area (Å²) in [5.74, 6) is 0.287. The Balaban J connectivity index is 1.81. The van der Waals surface area contributed by atoms with Gasteiger partial charge in [0.2, 0.25) is 11.8 Å². The Bertz CT molecular complexity index is 1050. The molecule has 0 fully saturated rings. The van der Waals surface area contributed by atoms with Crippen molar-refractivity contribution in [1.82, 2.24) is 15.6 Å². The molecule has 0 radical (unpaired) electrons. The maximum absolute atomic E-state index is 12.7. The van der Waals surface area contributed by atoms with Gasteiger partial charge in [-0.05, 0) is 25.5 Å². The molecule has 8 heteroatoms. The van der Waals surface area contributed by atoms with E-state index in [1.54, 1.807) is 14.0 Å². The van der Waals surface area contributed by atoms with Gasteiger partial charge in [0.1, 0.15) is 11.8 Å². The van der Waals surface area contributed by atoms with Gasteiger partial charge >= 0.3 is 0 Å². The van der Waals surface area contributed by atoms with E-state index in [0.717, 1.165) is 28.2 Å². The molecular formula is C24H28N4O3S. The highest BCUT2D eigenvalue weighted by molar-refractivity contribution is 7.16. The summed E-state index contributed by atoms with van der Waals surface area (Å²) in [7, 11) is 1.62. The van der Waals surface area contributed by atoms with Crippen LogP contribution in [0.4, 0.5) is 10.8 Å². The standard InChI is InChI=1S/C24H28N4O3S/c1-4-14-25-23(30)16(2)26-21(29)15-20-22(17-10-6-5-7-11-17)28-24(32-20)27-18-12-8-9-13-19(18)31-3/h5-13,16H,4,14-15H2,1-3H3,(H,25,30)(H,26,29)(H,27,28)/t16-/m1/s1. The maximum Gasteiger partial charge on any atom is 0.242 e. The molecule has 1 heterocycles. The van der Waals surface area contributed by atoms with Crippen molar-refractivity contribution in [2.75, 3.05) is 19.0 Å². The van der Waals surface area contributed by atoms with Crippen LogP contribution in [0.1, 0.15) is 25.1 Å². The van der Waals surface area contributed by atoms with Crippen LogP contribution in [0.2, 0.25) is 0 Å². The van der Waals surface area contributed by atoms with Crippen molar-refractivity contribution in [1.29, 1.82) is 0 Å². The lowest BCUT2D eigenvalue weighted by molar-refractivity contribution is -0.128. The summed E-state index contributed by atoms with van der Waals surface area (Å²) in [5, 5.41) is 9.53. The number of anilines is 2. The molecule has 2 aromatic carbocycles. The Morgan fingerprint density at radius 3 is 2.53 bits per heavy atom. The van der Waals surface area contributed by atoms with Gasteiger partial charge in [-0.15, -0.1) is 11.3 Å². The average molecular weight is 453 g/mol. The van der Waals surface area contributed by atoms with E-state index in [1.807, 2.05) is 61.5 Å². The molecule has 0 bridgehead atoms. The van der Waals surface area contributed by atoms with Crippen molar-refractivity contribution < 1.29 is 14.3 Å². The monoisotopic (exact) mass is 452 g/mol.